The van der Waals surface area contributed by atoms with Gasteiger partial charge >= 0.3 is 0 Å². The highest BCUT2D eigenvalue weighted by molar-refractivity contribution is 7.99. The summed E-state index contributed by atoms with van der Waals surface area (Å²) in [5.41, 5.74) is 1.64. The number of benzene rings is 1. The minimum atomic E-state index is -0.141. The van der Waals surface area contributed by atoms with Gasteiger partial charge in [-0.05, 0) is 53.2 Å². The molecule has 0 fully saturated rings. The number of nitrogens with zero attached hydrogens (tertiary/aromatic N) is 4. The van der Waals surface area contributed by atoms with E-state index in [2.05, 4.69) is 20.8 Å². The Morgan fingerprint density at radius 2 is 2.29 bits per heavy atom. The number of carbonyl (C=O) groups is 1. The van der Waals surface area contributed by atoms with Crippen LogP contribution in [0.4, 0.5) is 5.69 Å². The van der Waals surface area contributed by atoms with Crippen LogP contribution in [0.25, 0.3) is 0 Å². The minimum absolute atomic E-state index is 0.141. The molecule has 9 heteroatoms. The largest absolute Gasteiger partial charge is 0.467 e. The number of tetrazole rings is 1. The maximum Gasteiger partial charge on any atom is 0.234 e. The Bertz CT molecular complexity index is 834. The number of halogens is 1. The number of rotatable bonds is 6. The average Bonchev–Trinajstić information content (AvgIpc) is 3.20. The van der Waals surface area contributed by atoms with E-state index in [1.54, 1.807) is 35.2 Å². The van der Waals surface area contributed by atoms with Gasteiger partial charge in [-0.2, -0.15) is 0 Å². The van der Waals surface area contributed by atoms with Crippen LogP contribution in [0.15, 0.2) is 46.2 Å². The molecule has 124 valence electrons. The van der Waals surface area contributed by atoms with Crippen molar-refractivity contribution in [1.82, 2.24) is 20.2 Å². The third kappa shape index (κ3) is 4.15. The SMILES string of the molecule is Cc1cc(Cl)ccc1NC(=O)CSc1nnnn1Cc1ccco1. The number of hydrogen-bond donors (Lipinski definition) is 1. The standard InChI is InChI=1S/C15H14ClN5O2S/c1-10-7-11(16)4-5-13(10)17-14(22)9-24-15-18-19-20-21(15)8-12-3-2-6-23-12/h2-7H,8-9H2,1H3,(H,17,22). The summed E-state index contributed by atoms with van der Waals surface area (Å²) >= 11 is 7.17. The first-order valence-electron chi connectivity index (χ1n) is 7.09. The summed E-state index contributed by atoms with van der Waals surface area (Å²) in [5, 5.41) is 15.5. The van der Waals surface area contributed by atoms with Crippen molar-refractivity contribution in [3.63, 3.8) is 0 Å². The molecule has 3 rings (SSSR count). The van der Waals surface area contributed by atoms with Crippen molar-refractivity contribution in [1.29, 1.82) is 0 Å². The van der Waals surface area contributed by atoms with Crippen molar-refractivity contribution in [2.24, 2.45) is 0 Å². The van der Waals surface area contributed by atoms with Gasteiger partial charge in [0.1, 0.15) is 12.3 Å². The van der Waals surface area contributed by atoms with E-state index < -0.39 is 0 Å². The summed E-state index contributed by atoms with van der Waals surface area (Å²) in [5.74, 6) is 0.795. The molecule has 7 nitrogen and oxygen atoms in total. The van der Waals surface area contributed by atoms with Crippen molar-refractivity contribution >= 4 is 35.0 Å². The van der Waals surface area contributed by atoms with Crippen LogP contribution in [0.2, 0.25) is 5.02 Å². The number of carbonyl (C=O) groups excluding carboxylic acids is 1. The Balaban J connectivity index is 1.58. The van der Waals surface area contributed by atoms with E-state index in [-0.39, 0.29) is 11.7 Å². The zero-order valence-electron chi connectivity index (χ0n) is 12.8. The molecule has 0 bridgehead atoms. The molecule has 0 aliphatic heterocycles. The predicted octanol–water partition coefficient (Wildman–Crippen LogP) is 3.01. The van der Waals surface area contributed by atoms with Crippen LogP contribution in [-0.4, -0.2) is 31.9 Å². The highest BCUT2D eigenvalue weighted by Crippen LogP contribution is 2.21. The molecule has 0 saturated carbocycles. The van der Waals surface area contributed by atoms with Crippen LogP contribution in [-0.2, 0) is 11.3 Å². The van der Waals surface area contributed by atoms with Gasteiger partial charge in [-0.1, -0.05) is 23.4 Å². The lowest BCUT2D eigenvalue weighted by atomic mass is 10.2. The minimum Gasteiger partial charge on any atom is -0.467 e. The maximum atomic E-state index is 12.1. The van der Waals surface area contributed by atoms with Gasteiger partial charge in [0.25, 0.3) is 0 Å². The van der Waals surface area contributed by atoms with E-state index in [9.17, 15) is 4.79 Å². The molecule has 0 atom stereocenters. The smallest absolute Gasteiger partial charge is 0.234 e. The van der Waals surface area contributed by atoms with E-state index in [1.807, 2.05) is 13.0 Å². The zero-order chi connectivity index (χ0) is 16.9. The van der Waals surface area contributed by atoms with Crippen molar-refractivity contribution in [3.05, 3.63) is 52.9 Å². The number of nitrogens with one attached hydrogen (secondary N) is 1. The van der Waals surface area contributed by atoms with Gasteiger partial charge in [0.15, 0.2) is 0 Å². The molecule has 1 aromatic carbocycles. The van der Waals surface area contributed by atoms with Crippen LogP contribution < -0.4 is 5.32 Å². The fourth-order valence-corrected chi connectivity index (χ4v) is 2.94. The summed E-state index contributed by atoms with van der Waals surface area (Å²) in [6.07, 6.45) is 1.59. The molecule has 3 aromatic rings. The van der Waals surface area contributed by atoms with Crippen LogP contribution in [0.5, 0.6) is 0 Å². The van der Waals surface area contributed by atoms with Crippen molar-refractivity contribution < 1.29 is 9.21 Å². The van der Waals surface area contributed by atoms with Gasteiger partial charge in [0, 0.05) is 10.7 Å². The topological polar surface area (TPSA) is 85.8 Å². The molecule has 0 aliphatic carbocycles. The van der Waals surface area contributed by atoms with Crippen molar-refractivity contribution in [3.8, 4) is 0 Å². The molecule has 1 amide bonds. The van der Waals surface area contributed by atoms with Crippen molar-refractivity contribution in [2.45, 2.75) is 18.6 Å². The number of anilines is 1. The molecule has 0 saturated heterocycles. The fourth-order valence-electron chi connectivity index (χ4n) is 2.03. The Labute approximate surface area is 147 Å². The normalized spacial score (nSPS) is 10.8. The molecule has 0 unspecified atom stereocenters. The quantitative estimate of drug-likeness (QED) is 0.677. The van der Waals surface area contributed by atoms with Crippen molar-refractivity contribution in [2.75, 3.05) is 11.1 Å². The Hall–Kier alpha value is -2.32. The average molecular weight is 364 g/mol. The predicted molar refractivity (Wildman–Crippen MR) is 91.2 cm³/mol. The van der Waals surface area contributed by atoms with Crippen LogP contribution >= 0.6 is 23.4 Å². The third-order valence-electron chi connectivity index (χ3n) is 3.18. The van der Waals surface area contributed by atoms with Gasteiger partial charge in [-0.15, -0.1) is 5.10 Å². The first-order chi connectivity index (χ1) is 11.6. The zero-order valence-corrected chi connectivity index (χ0v) is 14.3. The van der Waals surface area contributed by atoms with Gasteiger partial charge < -0.3 is 9.73 Å². The monoisotopic (exact) mass is 363 g/mol. The van der Waals surface area contributed by atoms with Gasteiger partial charge in [-0.3, -0.25) is 4.79 Å². The lowest BCUT2D eigenvalue weighted by Gasteiger charge is -2.08. The number of aromatic nitrogens is 4. The maximum absolute atomic E-state index is 12.1. The summed E-state index contributed by atoms with van der Waals surface area (Å²) in [7, 11) is 0. The first-order valence-corrected chi connectivity index (χ1v) is 8.45. The number of thioether (sulfide) groups is 1. The van der Waals surface area contributed by atoms with Crippen LogP contribution in [0.1, 0.15) is 11.3 Å². The van der Waals surface area contributed by atoms with E-state index in [0.717, 1.165) is 17.0 Å². The molecular formula is C15H14ClN5O2S. The fraction of sp³-hybridized carbons (Fsp3) is 0.200. The third-order valence-corrected chi connectivity index (χ3v) is 4.37. The molecule has 0 aliphatic rings. The first kappa shape index (κ1) is 16.5. The lowest BCUT2D eigenvalue weighted by Crippen LogP contribution is -2.15. The Kier molecular flexibility index (Phi) is 5.17. The second-order valence-electron chi connectivity index (χ2n) is 4.99. The summed E-state index contributed by atoms with van der Waals surface area (Å²) in [4.78, 5) is 12.1. The number of amides is 1. The van der Waals surface area contributed by atoms with Crippen LogP contribution in [0.3, 0.4) is 0 Å². The highest BCUT2D eigenvalue weighted by atomic mass is 35.5. The summed E-state index contributed by atoms with van der Waals surface area (Å²) < 4.78 is 6.86. The second kappa shape index (κ2) is 7.50. The Morgan fingerprint density at radius 1 is 1.42 bits per heavy atom. The number of hydrogen-bond acceptors (Lipinski definition) is 6. The summed E-state index contributed by atoms with van der Waals surface area (Å²) in [6, 6.07) is 8.96. The van der Waals surface area contributed by atoms with E-state index in [0.29, 0.717) is 16.7 Å². The lowest BCUT2D eigenvalue weighted by molar-refractivity contribution is -0.113. The molecule has 24 heavy (non-hydrogen) atoms. The molecular weight excluding hydrogens is 350 g/mol. The van der Waals surface area contributed by atoms with Crippen LogP contribution in [0, 0.1) is 6.92 Å². The van der Waals surface area contributed by atoms with E-state index in [1.165, 1.54) is 11.8 Å². The highest BCUT2D eigenvalue weighted by Gasteiger charge is 2.12. The van der Waals surface area contributed by atoms with Gasteiger partial charge in [0.2, 0.25) is 11.1 Å². The van der Waals surface area contributed by atoms with Gasteiger partial charge in [0.05, 0.1) is 12.0 Å². The molecule has 2 aromatic heterocycles. The molecule has 1 N–H and O–H groups in total. The molecule has 0 radical (unpaired) electrons. The van der Waals surface area contributed by atoms with Gasteiger partial charge in [-0.25, -0.2) is 4.68 Å². The molecule has 2 heterocycles. The Morgan fingerprint density at radius 3 is 3.04 bits per heavy atom. The molecule has 0 spiro atoms. The van der Waals surface area contributed by atoms with E-state index in [4.69, 9.17) is 16.0 Å². The summed E-state index contributed by atoms with van der Waals surface area (Å²) in [6.45, 7) is 2.30. The number of furan rings is 1. The number of aryl methyl sites for hydroxylation is 1. The van der Waals surface area contributed by atoms with E-state index >= 15 is 0 Å². The second-order valence-corrected chi connectivity index (χ2v) is 6.37.